The number of hydrogen-bond donors (Lipinski definition) is 2. The maximum absolute atomic E-state index is 12.0. The van der Waals surface area contributed by atoms with Gasteiger partial charge in [-0.3, -0.25) is 14.8 Å². The number of nitrogens with zero attached hydrogens (tertiary/aromatic N) is 2. The van der Waals surface area contributed by atoms with Crippen molar-refractivity contribution in [2.24, 2.45) is 0 Å². The molecule has 0 unspecified atom stereocenters. The minimum atomic E-state index is -1.16. The first-order valence-corrected chi connectivity index (χ1v) is 5.55. The quantitative estimate of drug-likeness (QED) is 0.896. The first-order chi connectivity index (χ1) is 9.09. The van der Waals surface area contributed by atoms with Crippen molar-refractivity contribution in [3.05, 3.63) is 53.1 Å². The number of carbonyl (C=O) groups excluding carboxylic acids is 1. The Morgan fingerprint density at radius 2 is 1.79 bits per heavy atom. The zero-order valence-electron chi connectivity index (χ0n) is 9.50. The molecule has 0 atom stereocenters. The van der Waals surface area contributed by atoms with E-state index in [1.807, 2.05) is 0 Å². The third kappa shape index (κ3) is 2.86. The van der Waals surface area contributed by atoms with Crippen LogP contribution in [0.25, 0.3) is 0 Å². The van der Waals surface area contributed by atoms with Gasteiger partial charge in [0.1, 0.15) is 0 Å². The summed E-state index contributed by atoms with van der Waals surface area (Å²) in [6.07, 6.45) is 5.34. The van der Waals surface area contributed by atoms with Gasteiger partial charge in [-0.05, 0) is 12.1 Å². The van der Waals surface area contributed by atoms with Gasteiger partial charge in [0.15, 0.2) is 0 Å². The van der Waals surface area contributed by atoms with E-state index >= 15 is 0 Å². The third-order valence-electron chi connectivity index (χ3n) is 2.31. The fourth-order valence-electron chi connectivity index (χ4n) is 1.41. The summed E-state index contributed by atoms with van der Waals surface area (Å²) < 4.78 is 0. The highest BCUT2D eigenvalue weighted by Crippen LogP contribution is 2.18. The molecule has 2 rings (SSSR count). The summed E-state index contributed by atoms with van der Waals surface area (Å²) >= 11 is 5.85. The van der Waals surface area contributed by atoms with Crippen LogP contribution in [0.5, 0.6) is 0 Å². The molecule has 0 fully saturated rings. The number of amides is 1. The van der Waals surface area contributed by atoms with Gasteiger partial charge in [0.25, 0.3) is 5.91 Å². The standard InChI is InChI=1S/C12H8ClN3O3/c13-9-2-4-14-5-8(9)11(17)16-10-6-15-3-1-7(10)12(18)19/h1-6H,(H,16,17)(H,18,19). The average molecular weight is 278 g/mol. The first-order valence-electron chi connectivity index (χ1n) is 5.18. The van der Waals surface area contributed by atoms with E-state index in [-0.39, 0.29) is 21.8 Å². The fraction of sp³-hybridized carbons (Fsp3) is 0. The van der Waals surface area contributed by atoms with Crippen LogP contribution in [-0.2, 0) is 0 Å². The Morgan fingerprint density at radius 1 is 1.11 bits per heavy atom. The molecule has 2 aromatic rings. The van der Waals surface area contributed by atoms with Crippen LogP contribution in [0.1, 0.15) is 20.7 Å². The number of aromatic nitrogens is 2. The SMILES string of the molecule is O=C(Nc1cnccc1C(=O)O)c1cnccc1Cl. The lowest BCUT2D eigenvalue weighted by atomic mass is 10.2. The smallest absolute Gasteiger partial charge is 0.337 e. The van der Waals surface area contributed by atoms with Crippen LogP contribution in [-0.4, -0.2) is 27.0 Å². The lowest BCUT2D eigenvalue weighted by Crippen LogP contribution is -2.15. The Balaban J connectivity index is 2.30. The number of carbonyl (C=O) groups is 2. The summed E-state index contributed by atoms with van der Waals surface area (Å²) in [7, 11) is 0. The predicted octanol–water partition coefficient (Wildman–Crippen LogP) is 2.08. The van der Waals surface area contributed by atoms with Crippen molar-refractivity contribution in [2.75, 3.05) is 5.32 Å². The molecule has 0 aliphatic heterocycles. The number of carboxylic acid groups (broad SMARTS) is 1. The summed E-state index contributed by atoms with van der Waals surface area (Å²) in [6, 6.07) is 2.76. The number of aromatic carboxylic acids is 1. The molecule has 0 saturated heterocycles. The Kier molecular flexibility index (Phi) is 3.72. The minimum absolute atomic E-state index is 0.0524. The van der Waals surface area contributed by atoms with Crippen molar-refractivity contribution in [3.8, 4) is 0 Å². The summed E-state index contributed by atoms with van der Waals surface area (Å²) in [6.45, 7) is 0. The molecule has 2 heterocycles. The van der Waals surface area contributed by atoms with Gasteiger partial charge >= 0.3 is 5.97 Å². The summed E-state index contributed by atoms with van der Waals surface area (Å²) in [5.41, 5.74) is 0.202. The Morgan fingerprint density at radius 3 is 2.47 bits per heavy atom. The van der Waals surface area contributed by atoms with Gasteiger partial charge in [0.2, 0.25) is 0 Å². The van der Waals surface area contributed by atoms with Crippen molar-refractivity contribution in [1.82, 2.24) is 9.97 Å². The highest BCUT2D eigenvalue weighted by atomic mass is 35.5. The molecule has 6 nitrogen and oxygen atoms in total. The van der Waals surface area contributed by atoms with Crippen LogP contribution < -0.4 is 5.32 Å². The molecule has 0 bridgehead atoms. The largest absolute Gasteiger partial charge is 0.478 e. The number of hydrogen-bond acceptors (Lipinski definition) is 4. The molecule has 2 aromatic heterocycles. The summed E-state index contributed by atoms with van der Waals surface area (Å²) in [5.74, 6) is -1.71. The maximum atomic E-state index is 12.0. The van der Waals surface area contributed by atoms with Gasteiger partial charge in [0, 0.05) is 18.6 Å². The van der Waals surface area contributed by atoms with E-state index in [1.165, 1.54) is 36.9 Å². The van der Waals surface area contributed by atoms with E-state index in [0.717, 1.165) is 0 Å². The van der Waals surface area contributed by atoms with Crippen molar-refractivity contribution in [3.63, 3.8) is 0 Å². The van der Waals surface area contributed by atoms with E-state index in [1.54, 1.807) is 0 Å². The second kappa shape index (κ2) is 5.45. The number of pyridine rings is 2. The van der Waals surface area contributed by atoms with Crippen molar-refractivity contribution in [2.45, 2.75) is 0 Å². The molecule has 7 heteroatoms. The van der Waals surface area contributed by atoms with Crippen LogP contribution in [0, 0.1) is 0 Å². The van der Waals surface area contributed by atoms with Crippen LogP contribution in [0.3, 0.4) is 0 Å². The van der Waals surface area contributed by atoms with E-state index < -0.39 is 11.9 Å². The number of nitrogens with one attached hydrogen (secondary N) is 1. The van der Waals surface area contributed by atoms with Gasteiger partial charge in [-0.1, -0.05) is 11.6 Å². The summed E-state index contributed by atoms with van der Waals surface area (Å²) in [5, 5.41) is 11.7. The molecular weight excluding hydrogens is 270 g/mol. The molecular formula is C12H8ClN3O3. The second-order valence-corrected chi connectivity index (χ2v) is 3.94. The van der Waals surface area contributed by atoms with E-state index in [4.69, 9.17) is 16.7 Å². The van der Waals surface area contributed by atoms with Gasteiger partial charge < -0.3 is 10.4 Å². The molecule has 2 N–H and O–H groups in total. The van der Waals surface area contributed by atoms with Crippen LogP contribution in [0.15, 0.2) is 36.9 Å². The molecule has 19 heavy (non-hydrogen) atoms. The molecule has 1 amide bonds. The zero-order valence-corrected chi connectivity index (χ0v) is 10.3. The molecule has 96 valence electrons. The lowest BCUT2D eigenvalue weighted by Gasteiger charge is -2.08. The van der Waals surface area contributed by atoms with Crippen LogP contribution >= 0.6 is 11.6 Å². The Labute approximate surface area is 113 Å². The third-order valence-corrected chi connectivity index (χ3v) is 2.64. The topological polar surface area (TPSA) is 92.2 Å². The van der Waals surface area contributed by atoms with Gasteiger partial charge in [-0.2, -0.15) is 0 Å². The molecule has 0 aliphatic rings. The fourth-order valence-corrected chi connectivity index (χ4v) is 1.61. The monoisotopic (exact) mass is 277 g/mol. The van der Waals surface area contributed by atoms with Gasteiger partial charge in [-0.25, -0.2) is 4.79 Å². The number of halogens is 1. The maximum Gasteiger partial charge on any atom is 0.337 e. The Hall–Kier alpha value is -2.47. The number of anilines is 1. The predicted molar refractivity (Wildman–Crippen MR) is 68.4 cm³/mol. The second-order valence-electron chi connectivity index (χ2n) is 3.54. The lowest BCUT2D eigenvalue weighted by molar-refractivity contribution is 0.0698. The normalized spacial score (nSPS) is 9.95. The van der Waals surface area contributed by atoms with Crippen LogP contribution in [0.4, 0.5) is 5.69 Å². The highest BCUT2D eigenvalue weighted by Gasteiger charge is 2.15. The average Bonchev–Trinajstić information content (AvgIpc) is 2.39. The zero-order chi connectivity index (χ0) is 13.8. The van der Waals surface area contributed by atoms with Crippen molar-refractivity contribution < 1.29 is 14.7 Å². The van der Waals surface area contributed by atoms with E-state index in [2.05, 4.69) is 15.3 Å². The molecule has 0 spiro atoms. The van der Waals surface area contributed by atoms with E-state index in [0.29, 0.717) is 0 Å². The number of rotatable bonds is 3. The van der Waals surface area contributed by atoms with Crippen molar-refractivity contribution >= 4 is 29.2 Å². The number of carboxylic acids is 1. The van der Waals surface area contributed by atoms with E-state index in [9.17, 15) is 9.59 Å². The van der Waals surface area contributed by atoms with Gasteiger partial charge in [-0.15, -0.1) is 0 Å². The molecule has 0 saturated carbocycles. The van der Waals surface area contributed by atoms with Gasteiger partial charge in [0.05, 0.1) is 28.0 Å². The molecule has 0 aliphatic carbocycles. The van der Waals surface area contributed by atoms with Crippen molar-refractivity contribution in [1.29, 1.82) is 0 Å². The Bertz CT molecular complexity index is 646. The molecule has 0 radical (unpaired) electrons. The van der Waals surface area contributed by atoms with Crippen LogP contribution in [0.2, 0.25) is 5.02 Å². The minimum Gasteiger partial charge on any atom is -0.478 e. The molecule has 0 aromatic carbocycles. The highest BCUT2D eigenvalue weighted by molar-refractivity contribution is 6.34. The summed E-state index contributed by atoms with van der Waals surface area (Å²) in [4.78, 5) is 30.5. The first kappa shape index (κ1) is 13.0.